The van der Waals surface area contributed by atoms with Gasteiger partial charge >= 0.3 is 0 Å². The molecular weight excluding hydrogens is 348 g/mol. The Labute approximate surface area is 158 Å². The van der Waals surface area contributed by atoms with Crippen molar-refractivity contribution in [3.63, 3.8) is 0 Å². The lowest BCUT2D eigenvalue weighted by Crippen LogP contribution is -2.25. The van der Waals surface area contributed by atoms with Gasteiger partial charge in [0.25, 0.3) is 0 Å². The molecule has 0 spiro atoms. The van der Waals surface area contributed by atoms with Crippen LogP contribution in [0.3, 0.4) is 0 Å². The van der Waals surface area contributed by atoms with E-state index in [1.54, 1.807) is 6.07 Å². The number of ketones is 2. The van der Waals surface area contributed by atoms with E-state index in [1.165, 1.54) is 14.2 Å². The maximum absolute atomic E-state index is 13.0. The van der Waals surface area contributed by atoms with Crippen LogP contribution in [0.5, 0.6) is 5.75 Å². The Balaban J connectivity index is 2.21. The van der Waals surface area contributed by atoms with Gasteiger partial charge in [0, 0.05) is 16.7 Å². The summed E-state index contributed by atoms with van der Waals surface area (Å²) in [5, 5.41) is 20.3. The second-order valence-corrected chi connectivity index (χ2v) is 6.87. The predicted molar refractivity (Wildman–Crippen MR) is 99.4 cm³/mol. The molecular formula is C21H24O6. The molecule has 1 atom stereocenters. The maximum atomic E-state index is 13.0. The normalized spacial score (nSPS) is 21.4. The number of allylic oxidation sites excluding steroid dienone is 2. The van der Waals surface area contributed by atoms with Crippen molar-refractivity contribution in [1.82, 2.24) is 0 Å². The lowest BCUT2D eigenvalue weighted by Gasteiger charge is -2.23. The fourth-order valence-electron chi connectivity index (χ4n) is 3.70. The van der Waals surface area contributed by atoms with Crippen molar-refractivity contribution in [2.24, 2.45) is 0 Å². The molecule has 0 saturated carbocycles. The second kappa shape index (κ2) is 7.96. The highest BCUT2D eigenvalue weighted by molar-refractivity contribution is 6.38. The number of ether oxygens (including phenoxy) is 2. The molecule has 2 aliphatic rings. The average Bonchev–Trinajstić information content (AvgIpc) is 2.66. The van der Waals surface area contributed by atoms with Crippen molar-refractivity contribution in [2.45, 2.75) is 44.6 Å². The molecule has 2 bridgehead atoms. The summed E-state index contributed by atoms with van der Waals surface area (Å²) in [5.41, 5.74) is 1.95. The first kappa shape index (κ1) is 19.2. The average molecular weight is 372 g/mol. The molecule has 144 valence electrons. The van der Waals surface area contributed by atoms with Crippen LogP contribution in [-0.4, -0.2) is 42.1 Å². The van der Waals surface area contributed by atoms with Gasteiger partial charge in [0.15, 0.2) is 0 Å². The third-order valence-electron chi connectivity index (χ3n) is 5.16. The summed E-state index contributed by atoms with van der Waals surface area (Å²) in [6.07, 6.45) is 3.22. The lowest BCUT2D eigenvalue weighted by molar-refractivity contribution is -0.119. The summed E-state index contributed by atoms with van der Waals surface area (Å²) >= 11 is 0. The monoisotopic (exact) mass is 372 g/mol. The Bertz CT molecular complexity index is 833. The largest absolute Gasteiger partial charge is 0.501 e. The Kier molecular flexibility index (Phi) is 5.65. The zero-order valence-corrected chi connectivity index (χ0v) is 15.6. The smallest absolute Gasteiger partial charge is 0.232 e. The fraction of sp³-hybridized carbons (Fsp3) is 0.429. The highest BCUT2D eigenvalue weighted by Crippen LogP contribution is 2.38. The number of hydrogen-bond donors (Lipinski definition) is 2. The third kappa shape index (κ3) is 3.62. The van der Waals surface area contributed by atoms with Crippen molar-refractivity contribution < 1.29 is 29.3 Å². The summed E-state index contributed by atoms with van der Waals surface area (Å²) in [6, 6.07) is 5.47. The van der Waals surface area contributed by atoms with Crippen LogP contribution in [0.1, 0.15) is 43.2 Å². The van der Waals surface area contributed by atoms with Crippen LogP contribution < -0.4 is 4.74 Å². The summed E-state index contributed by atoms with van der Waals surface area (Å²) in [4.78, 5) is 25.8. The maximum Gasteiger partial charge on any atom is 0.232 e. The lowest BCUT2D eigenvalue weighted by atomic mass is 9.83. The minimum absolute atomic E-state index is 0.231. The summed E-state index contributed by atoms with van der Waals surface area (Å²) in [7, 11) is 2.76. The van der Waals surface area contributed by atoms with Crippen LogP contribution in [0.2, 0.25) is 0 Å². The first-order chi connectivity index (χ1) is 13.0. The van der Waals surface area contributed by atoms with Crippen LogP contribution in [0, 0.1) is 0 Å². The molecule has 0 aromatic heterocycles. The van der Waals surface area contributed by atoms with E-state index in [0.717, 1.165) is 12.0 Å². The number of benzene rings is 1. The number of aliphatic hydroxyl groups is 2. The van der Waals surface area contributed by atoms with Gasteiger partial charge in [0.05, 0.1) is 20.3 Å². The Hall–Kier alpha value is -2.60. The molecule has 1 aromatic carbocycles. The van der Waals surface area contributed by atoms with E-state index in [0.29, 0.717) is 43.4 Å². The number of methoxy groups -OCH3 is 2. The van der Waals surface area contributed by atoms with Gasteiger partial charge in [0.2, 0.25) is 23.1 Å². The molecule has 0 heterocycles. The standard InChI is InChI=1S/C21H24O6/c1-26-16-10-8-12-7-9-13(22)5-3-4-6-14-17(15(16)11-12)19(24)21(27-2)20(25)18(14)23/h8,10-11,13,22,25H,3-7,9H2,1-2H3. The van der Waals surface area contributed by atoms with Crippen molar-refractivity contribution in [3.8, 4) is 5.75 Å². The molecule has 1 unspecified atom stereocenters. The molecule has 1 aromatic rings. The highest BCUT2D eigenvalue weighted by atomic mass is 16.5. The summed E-state index contributed by atoms with van der Waals surface area (Å²) in [5.74, 6) is -1.62. The van der Waals surface area contributed by atoms with Gasteiger partial charge < -0.3 is 19.7 Å². The van der Waals surface area contributed by atoms with Gasteiger partial charge in [0.1, 0.15) is 5.75 Å². The van der Waals surface area contributed by atoms with Gasteiger partial charge in [-0.3, -0.25) is 9.59 Å². The first-order valence-corrected chi connectivity index (χ1v) is 9.13. The van der Waals surface area contributed by atoms with E-state index in [4.69, 9.17) is 9.47 Å². The summed E-state index contributed by atoms with van der Waals surface area (Å²) in [6.45, 7) is 0. The molecule has 0 radical (unpaired) electrons. The number of Topliss-reactive ketones (excluding diaryl/α,β-unsaturated/α-hetero) is 2. The van der Waals surface area contributed by atoms with Gasteiger partial charge in [-0.1, -0.05) is 12.5 Å². The molecule has 2 N–H and O–H groups in total. The predicted octanol–water partition coefficient (Wildman–Crippen LogP) is 2.88. The van der Waals surface area contributed by atoms with Gasteiger partial charge in [-0.2, -0.15) is 0 Å². The van der Waals surface area contributed by atoms with Gasteiger partial charge in [-0.25, -0.2) is 0 Å². The summed E-state index contributed by atoms with van der Waals surface area (Å²) < 4.78 is 10.5. The van der Waals surface area contributed by atoms with E-state index in [9.17, 15) is 19.8 Å². The quantitative estimate of drug-likeness (QED) is 0.776. The number of fused-ring (bicyclic) bond motifs is 3. The Morgan fingerprint density at radius 2 is 1.78 bits per heavy atom. The van der Waals surface area contributed by atoms with Crippen LogP contribution in [-0.2, 0) is 20.7 Å². The first-order valence-electron chi connectivity index (χ1n) is 9.13. The van der Waals surface area contributed by atoms with Gasteiger partial charge in [-0.15, -0.1) is 0 Å². The zero-order valence-electron chi connectivity index (χ0n) is 15.6. The number of rotatable bonds is 2. The molecule has 0 saturated heterocycles. The Morgan fingerprint density at radius 1 is 1.00 bits per heavy atom. The van der Waals surface area contributed by atoms with E-state index in [2.05, 4.69) is 0 Å². The van der Waals surface area contributed by atoms with E-state index >= 15 is 0 Å². The molecule has 27 heavy (non-hydrogen) atoms. The fourth-order valence-corrected chi connectivity index (χ4v) is 3.70. The van der Waals surface area contributed by atoms with Crippen LogP contribution in [0.15, 0.2) is 35.3 Å². The topological polar surface area (TPSA) is 93.1 Å². The van der Waals surface area contributed by atoms with Crippen molar-refractivity contribution in [1.29, 1.82) is 0 Å². The minimum Gasteiger partial charge on any atom is -0.501 e. The second-order valence-electron chi connectivity index (χ2n) is 6.87. The Morgan fingerprint density at radius 3 is 2.48 bits per heavy atom. The number of aryl methyl sites for hydroxylation is 1. The van der Waals surface area contributed by atoms with Crippen molar-refractivity contribution in [2.75, 3.05) is 14.2 Å². The van der Waals surface area contributed by atoms with Crippen LogP contribution in [0.4, 0.5) is 0 Å². The van der Waals surface area contributed by atoms with E-state index in [-0.39, 0.29) is 16.9 Å². The van der Waals surface area contributed by atoms with Crippen LogP contribution in [0.25, 0.3) is 5.57 Å². The molecule has 3 rings (SSSR count). The number of aliphatic hydroxyl groups excluding tert-OH is 2. The SMILES string of the molecule is COC1=C(O)C(=O)C2=C(C1=O)c1cc(ccc1OC)CCC(O)CCCC2. The van der Waals surface area contributed by atoms with Crippen LogP contribution >= 0.6 is 0 Å². The van der Waals surface area contributed by atoms with Gasteiger partial charge in [-0.05, 0) is 49.8 Å². The molecule has 2 aliphatic carbocycles. The molecule has 0 aliphatic heterocycles. The van der Waals surface area contributed by atoms with Crippen molar-refractivity contribution in [3.05, 3.63) is 46.4 Å². The molecule has 6 nitrogen and oxygen atoms in total. The zero-order chi connectivity index (χ0) is 19.6. The highest BCUT2D eigenvalue weighted by Gasteiger charge is 2.37. The van der Waals surface area contributed by atoms with E-state index in [1.807, 2.05) is 12.1 Å². The molecule has 6 heteroatoms. The molecule has 0 amide bonds. The molecule has 0 fully saturated rings. The number of hydrogen-bond acceptors (Lipinski definition) is 6. The minimum atomic E-state index is -0.650. The van der Waals surface area contributed by atoms with E-state index < -0.39 is 23.4 Å². The van der Waals surface area contributed by atoms with Crippen molar-refractivity contribution >= 4 is 17.1 Å². The third-order valence-corrected chi connectivity index (χ3v) is 5.16. The number of carbonyl (C=O) groups is 2. The number of carbonyl (C=O) groups excluding carboxylic acids is 2.